The monoisotopic (exact) mass is 896 g/mol. The Bertz CT molecular complexity index is 4230. The highest BCUT2D eigenvalue weighted by Gasteiger charge is 2.19. The van der Waals surface area contributed by atoms with Gasteiger partial charge in [-0.2, -0.15) is 0 Å². The number of hydrogen-bond donors (Lipinski definition) is 0. The molecule has 5 heteroatoms. The summed E-state index contributed by atoms with van der Waals surface area (Å²) in [5, 5.41) is 7.37. The molecule has 0 spiro atoms. The predicted octanol–water partition coefficient (Wildman–Crippen LogP) is 17.4. The zero-order chi connectivity index (χ0) is 45.4. The first kappa shape index (κ1) is 39.3. The van der Waals surface area contributed by atoms with E-state index in [0.29, 0.717) is 5.82 Å². The summed E-state index contributed by atoms with van der Waals surface area (Å²) in [5.74, 6) is 0.714. The molecular formula is C64H40N4S. The van der Waals surface area contributed by atoms with E-state index in [1.807, 2.05) is 35.6 Å². The van der Waals surface area contributed by atoms with Crippen molar-refractivity contribution in [2.45, 2.75) is 0 Å². The second-order valence-electron chi connectivity index (χ2n) is 17.7. The maximum Gasteiger partial charge on any atom is 0.160 e. The van der Waals surface area contributed by atoms with Gasteiger partial charge in [0.05, 0.1) is 33.5 Å². The lowest BCUT2D eigenvalue weighted by Gasteiger charge is -2.11. The van der Waals surface area contributed by atoms with Gasteiger partial charge in [-0.05, 0) is 113 Å². The van der Waals surface area contributed by atoms with Crippen molar-refractivity contribution in [3.05, 3.63) is 243 Å². The molecule has 0 bridgehead atoms. The molecule has 4 aromatic heterocycles. The van der Waals surface area contributed by atoms with Gasteiger partial charge >= 0.3 is 0 Å². The Morgan fingerprint density at radius 1 is 0.290 bits per heavy atom. The number of hydrogen-bond acceptors (Lipinski definition) is 3. The largest absolute Gasteiger partial charge is 0.309 e. The van der Waals surface area contributed by atoms with E-state index in [9.17, 15) is 0 Å². The fraction of sp³-hybridized carbons (Fsp3) is 0. The summed E-state index contributed by atoms with van der Waals surface area (Å²) in [6.07, 6.45) is 0. The van der Waals surface area contributed by atoms with Crippen LogP contribution in [0.5, 0.6) is 0 Å². The molecule has 0 unspecified atom stereocenters. The molecule has 4 nitrogen and oxygen atoms in total. The number of para-hydroxylation sites is 3. The predicted molar refractivity (Wildman–Crippen MR) is 291 cm³/mol. The molecule has 0 aliphatic carbocycles. The molecular weight excluding hydrogens is 857 g/mol. The summed E-state index contributed by atoms with van der Waals surface area (Å²) in [5.41, 5.74) is 16.8. The molecule has 14 rings (SSSR count). The van der Waals surface area contributed by atoms with Crippen LogP contribution in [-0.2, 0) is 0 Å². The number of nitrogens with zero attached hydrogens (tertiary/aromatic N) is 4. The quantitative estimate of drug-likeness (QED) is 0.160. The van der Waals surface area contributed by atoms with Gasteiger partial charge in [0.15, 0.2) is 5.82 Å². The first-order valence-corrected chi connectivity index (χ1v) is 24.2. The van der Waals surface area contributed by atoms with Crippen molar-refractivity contribution < 1.29 is 0 Å². The highest BCUT2D eigenvalue weighted by Crippen LogP contribution is 2.44. The van der Waals surface area contributed by atoms with Gasteiger partial charge in [-0.15, -0.1) is 11.3 Å². The van der Waals surface area contributed by atoms with Crippen molar-refractivity contribution in [3.8, 4) is 67.5 Å². The van der Waals surface area contributed by atoms with Crippen molar-refractivity contribution in [2.75, 3.05) is 0 Å². The van der Waals surface area contributed by atoms with Crippen LogP contribution in [0.1, 0.15) is 0 Å². The smallest absolute Gasteiger partial charge is 0.160 e. The molecule has 0 amide bonds. The van der Waals surface area contributed by atoms with E-state index < -0.39 is 0 Å². The molecule has 0 saturated carbocycles. The van der Waals surface area contributed by atoms with Gasteiger partial charge < -0.3 is 9.13 Å². The Balaban J connectivity index is 0.931. The molecule has 0 aliphatic heterocycles. The van der Waals surface area contributed by atoms with E-state index in [-0.39, 0.29) is 0 Å². The fourth-order valence-electron chi connectivity index (χ4n) is 10.5. The normalized spacial score (nSPS) is 11.8. The minimum absolute atomic E-state index is 0.714. The Morgan fingerprint density at radius 2 is 0.754 bits per heavy atom. The maximum atomic E-state index is 5.27. The zero-order valence-electron chi connectivity index (χ0n) is 37.3. The molecule has 10 aromatic carbocycles. The van der Waals surface area contributed by atoms with E-state index in [2.05, 4.69) is 228 Å². The molecule has 322 valence electrons. The number of fused-ring (bicyclic) bond motifs is 9. The van der Waals surface area contributed by atoms with E-state index in [0.717, 1.165) is 39.5 Å². The molecule has 69 heavy (non-hydrogen) atoms. The van der Waals surface area contributed by atoms with E-state index >= 15 is 0 Å². The fourth-order valence-corrected chi connectivity index (χ4v) is 11.6. The van der Waals surface area contributed by atoms with Gasteiger partial charge in [-0.1, -0.05) is 152 Å². The lowest BCUT2D eigenvalue weighted by molar-refractivity contribution is 1.18. The molecule has 14 aromatic rings. The van der Waals surface area contributed by atoms with Crippen LogP contribution >= 0.6 is 11.3 Å². The molecule has 0 radical (unpaired) electrons. The van der Waals surface area contributed by atoms with Crippen LogP contribution in [0.25, 0.3) is 131 Å². The van der Waals surface area contributed by atoms with Gasteiger partial charge in [-0.3, -0.25) is 0 Å². The van der Waals surface area contributed by atoms with Gasteiger partial charge in [-0.25, -0.2) is 9.97 Å². The molecule has 0 N–H and O–H groups in total. The first-order valence-electron chi connectivity index (χ1n) is 23.4. The Morgan fingerprint density at radius 3 is 1.35 bits per heavy atom. The van der Waals surface area contributed by atoms with Crippen molar-refractivity contribution in [3.63, 3.8) is 0 Å². The third kappa shape index (κ3) is 6.51. The Labute approximate surface area is 402 Å². The van der Waals surface area contributed by atoms with Crippen LogP contribution in [0.4, 0.5) is 0 Å². The highest BCUT2D eigenvalue weighted by atomic mass is 32.1. The molecule has 0 saturated heterocycles. The summed E-state index contributed by atoms with van der Waals surface area (Å²) in [4.78, 5) is 10.4. The lowest BCUT2D eigenvalue weighted by Crippen LogP contribution is -1.96. The summed E-state index contributed by atoms with van der Waals surface area (Å²) in [7, 11) is 0. The average molecular weight is 897 g/mol. The van der Waals surface area contributed by atoms with Crippen LogP contribution in [-0.4, -0.2) is 19.1 Å². The van der Waals surface area contributed by atoms with E-state index in [4.69, 9.17) is 9.97 Å². The molecule has 4 heterocycles. The second kappa shape index (κ2) is 15.9. The topological polar surface area (TPSA) is 35.6 Å². The minimum Gasteiger partial charge on any atom is -0.309 e. The van der Waals surface area contributed by atoms with Crippen molar-refractivity contribution in [1.82, 2.24) is 19.1 Å². The number of thiophene rings is 1. The summed E-state index contributed by atoms with van der Waals surface area (Å²) in [6.45, 7) is 0. The Hall–Kier alpha value is -8.90. The molecule has 0 fully saturated rings. The van der Waals surface area contributed by atoms with Crippen LogP contribution in [0, 0.1) is 0 Å². The summed E-state index contributed by atoms with van der Waals surface area (Å²) >= 11 is 1.83. The summed E-state index contributed by atoms with van der Waals surface area (Å²) < 4.78 is 7.27. The maximum absolute atomic E-state index is 5.27. The van der Waals surface area contributed by atoms with Crippen molar-refractivity contribution >= 4 is 75.1 Å². The minimum atomic E-state index is 0.714. The third-order valence-corrected chi connectivity index (χ3v) is 14.9. The van der Waals surface area contributed by atoms with Crippen molar-refractivity contribution in [1.29, 1.82) is 0 Å². The van der Waals surface area contributed by atoms with Crippen LogP contribution < -0.4 is 0 Å². The van der Waals surface area contributed by atoms with E-state index in [1.54, 1.807) is 0 Å². The van der Waals surface area contributed by atoms with E-state index in [1.165, 1.54) is 86.0 Å². The number of rotatable bonds is 7. The SMILES string of the molecule is c1ccc(-c2cc(-c3cccc4sc5ccc(-c6ccc7c(c6)c6cc(-c8ccc9c(c8)c8ccccc8n9-c8ccccc8)ccc6n7-c6ccccc6)cc5c34)nc(-c3ccccc3)n2)cc1. The van der Waals surface area contributed by atoms with Crippen LogP contribution in [0.15, 0.2) is 243 Å². The Kier molecular flexibility index (Phi) is 9.04. The molecule has 0 aliphatic rings. The van der Waals surface area contributed by atoms with Gasteiger partial charge in [0, 0.05) is 69.8 Å². The number of benzene rings is 10. The van der Waals surface area contributed by atoms with Gasteiger partial charge in [0.25, 0.3) is 0 Å². The lowest BCUT2D eigenvalue weighted by atomic mass is 9.97. The zero-order valence-corrected chi connectivity index (χ0v) is 38.1. The second-order valence-corrected chi connectivity index (χ2v) is 18.8. The summed E-state index contributed by atoms with van der Waals surface area (Å²) in [6, 6.07) is 87.5. The van der Waals surface area contributed by atoms with Gasteiger partial charge in [0.2, 0.25) is 0 Å². The average Bonchev–Trinajstić information content (AvgIpc) is 4.08. The van der Waals surface area contributed by atoms with Crippen LogP contribution in [0.3, 0.4) is 0 Å². The highest BCUT2D eigenvalue weighted by molar-refractivity contribution is 7.26. The van der Waals surface area contributed by atoms with Crippen LogP contribution in [0.2, 0.25) is 0 Å². The van der Waals surface area contributed by atoms with Gasteiger partial charge in [0.1, 0.15) is 0 Å². The standard InChI is InChI=1S/C64H40N4S/c1-5-16-41(17-6-1)55-40-56(66-64(65-55)42-18-7-2-8-19-42)50-25-15-27-62-63(50)54-39-46(31-35-61(54)69-62)45-30-34-60-53(38-45)52-37-44(29-33-59(52)68(60)48-22-11-4-12-23-48)43-28-32-58-51(36-43)49-24-13-14-26-57(49)67(58)47-20-9-3-10-21-47/h1-40H. The number of aromatic nitrogens is 4. The third-order valence-electron chi connectivity index (χ3n) is 13.7. The van der Waals surface area contributed by atoms with Crippen molar-refractivity contribution in [2.24, 2.45) is 0 Å². The molecule has 0 atom stereocenters. The first-order chi connectivity index (χ1) is 34.2.